The van der Waals surface area contributed by atoms with Crippen LogP contribution in [0.25, 0.3) is 0 Å². The van der Waals surface area contributed by atoms with Crippen LogP contribution in [0.5, 0.6) is 0 Å². The number of thiophene rings is 1. The summed E-state index contributed by atoms with van der Waals surface area (Å²) in [5, 5.41) is 2.00. The Labute approximate surface area is 117 Å². The van der Waals surface area contributed by atoms with Gasteiger partial charge in [-0.2, -0.15) is 0 Å². The van der Waals surface area contributed by atoms with Gasteiger partial charge in [-0.25, -0.2) is 0 Å². The Hall–Kier alpha value is -1.36. The van der Waals surface area contributed by atoms with Crippen LogP contribution >= 0.6 is 11.3 Å². The minimum atomic E-state index is -0.200. The summed E-state index contributed by atoms with van der Waals surface area (Å²) in [5.41, 5.74) is 0. The summed E-state index contributed by atoms with van der Waals surface area (Å²) in [6.07, 6.45) is 2.53. The second-order valence-corrected chi connectivity index (χ2v) is 6.29. The van der Waals surface area contributed by atoms with E-state index in [9.17, 15) is 9.59 Å². The molecule has 0 unspecified atom stereocenters. The minimum Gasteiger partial charge on any atom is -0.342 e. The van der Waals surface area contributed by atoms with E-state index in [1.165, 1.54) is 0 Å². The molecule has 0 aliphatic carbocycles. The fourth-order valence-corrected chi connectivity index (χ4v) is 4.05. The maximum atomic E-state index is 12.6. The molecule has 4 nitrogen and oxygen atoms in total. The summed E-state index contributed by atoms with van der Waals surface area (Å²) < 4.78 is 0. The first-order chi connectivity index (χ1) is 9.18. The van der Waals surface area contributed by atoms with Gasteiger partial charge >= 0.3 is 0 Å². The molecular weight excluding hydrogens is 260 g/mol. The molecule has 2 amide bonds. The van der Waals surface area contributed by atoms with Gasteiger partial charge in [-0.1, -0.05) is 6.07 Å². The summed E-state index contributed by atoms with van der Waals surface area (Å²) in [6, 6.07) is 3.93. The Morgan fingerprint density at radius 2 is 2.11 bits per heavy atom. The van der Waals surface area contributed by atoms with Crippen LogP contribution in [0.15, 0.2) is 17.5 Å². The molecule has 102 valence electrons. The molecule has 1 aromatic rings. The zero-order valence-electron chi connectivity index (χ0n) is 11.0. The van der Waals surface area contributed by atoms with Crippen LogP contribution in [0.4, 0.5) is 0 Å². The zero-order valence-corrected chi connectivity index (χ0v) is 11.9. The first-order valence-corrected chi connectivity index (χ1v) is 7.64. The molecule has 1 aromatic heterocycles. The summed E-state index contributed by atoms with van der Waals surface area (Å²) in [4.78, 5) is 29.4. The number of hydrogen-bond acceptors (Lipinski definition) is 3. The Bertz CT molecular complexity index is 480. The quantitative estimate of drug-likeness (QED) is 0.829. The second kappa shape index (κ2) is 4.96. The highest BCUT2D eigenvalue weighted by Gasteiger charge is 2.44. The van der Waals surface area contributed by atoms with E-state index in [0.29, 0.717) is 6.42 Å². The molecule has 3 rings (SSSR count). The van der Waals surface area contributed by atoms with Crippen molar-refractivity contribution >= 4 is 23.2 Å². The molecule has 0 saturated carbocycles. The number of carbonyl (C=O) groups excluding carboxylic acids is 2. The lowest BCUT2D eigenvalue weighted by Crippen LogP contribution is -2.36. The topological polar surface area (TPSA) is 40.6 Å². The molecule has 5 heteroatoms. The van der Waals surface area contributed by atoms with Crippen LogP contribution in [0.2, 0.25) is 0 Å². The Balaban J connectivity index is 1.86. The Morgan fingerprint density at radius 1 is 1.37 bits per heavy atom. The highest BCUT2D eigenvalue weighted by molar-refractivity contribution is 7.10. The molecule has 3 heterocycles. The fraction of sp³-hybridized carbons (Fsp3) is 0.571. The summed E-state index contributed by atoms with van der Waals surface area (Å²) in [7, 11) is 1.81. The third kappa shape index (κ3) is 2.16. The first kappa shape index (κ1) is 12.7. The van der Waals surface area contributed by atoms with Crippen molar-refractivity contribution in [2.45, 2.75) is 25.3 Å². The largest absolute Gasteiger partial charge is 0.342 e. The van der Waals surface area contributed by atoms with Gasteiger partial charge in [-0.3, -0.25) is 9.59 Å². The molecule has 0 spiro atoms. The predicted molar refractivity (Wildman–Crippen MR) is 73.8 cm³/mol. The van der Waals surface area contributed by atoms with E-state index in [0.717, 1.165) is 30.8 Å². The molecule has 0 bridgehead atoms. The third-order valence-electron chi connectivity index (χ3n) is 4.16. The van der Waals surface area contributed by atoms with E-state index in [4.69, 9.17) is 0 Å². The van der Waals surface area contributed by atoms with Crippen molar-refractivity contribution in [1.29, 1.82) is 0 Å². The van der Waals surface area contributed by atoms with Crippen LogP contribution in [-0.2, 0) is 9.59 Å². The van der Waals surface area contributed by atoms with Gasteiger partial charge in [0.25, 0.3) is 0 Å². The van der Waals surface area contributed by atoms with E-state index in [2.05, 4.69) is 0 Å². The van der Waals surface area contributed by atoms with Crippen molar-refractivity contribution in [3.63, 3.8) is 0 Å². The summed E-state index contributed by atoms with van der Waals surface area (Å²) in [5.74, 6) is 0.0406. The molecule has 2 aliphatic heterocycles. The number of nitrogens with zero attached hydrogens (tertiary/aromatic N) is 2. The van der Waals surface area contributed by atoms with Gasteiger partial charge in [0.15, 0.2) is 0 Å². The van der Waals surface area contributed by atoms with Gasteiger partial charge < -0.3 is 9.80 Å². The zero-order chi connectivity index (χ0) is 13.4. The monoisotopic (exact) mass is 278 g/mol. The fourth-order valence-electron chi connectivity index (χ4n) is 3.11. The van der Waals surface area contributed by atoms with Gasteiger partial charge in [0.1, 0.15) is 0 Å². The first-order valence-electron chi connectivity index (χ1n) is 6.76. The average molecular weight is 278 g/mol. The lowest BCUT2D eigenvalue weighted by molar-refractivity contribution is -0.135. The Morgan fingerprint density at radius 3 is 2.74 bits per heavy atom. The van der Waals surface area contributed by atoms with Gasteiger partial charge in [0, 0.05) is 31.4 Å². The van der Waals surface area contributed by atoms with Crippen molar-refractivity contribution in [3.05, 3.63) is 22.4 Å². The number of hydrogen-bond donors (Lipinski definition) is 0. The van der Waals surface area contributed by atoms with Crippen LogP contribution in [0.1, 0.15) is 30.2 Å². The minimum absolute atomic E-state index is 0.0689. The van der Waals surface area contributed by atoms with Crippen LogP contribution in [0.3, 0.4) is 0 Å². The van der Waals surface area contributed by atoms with Gasteiger partial charge in [-0.15, -0.1) is 11.3 Å². The highest BCUT2D eigenvalue weighted by atomic mass is 32.1. The van der Waals surface area contributed by atoms with Crippen molar-refractivity contribution < 1.29 is 9.59 Å². The Kier molecular flexibility index (Phi) is 3.31. The highest BCUT2D eigenvalue weighted by Crippen LogP contribution is 2.40. The number of rotatable bonds is 2. The lowest BCUT2D eigenvalue weighted by atomic mass is 9.97. The van der Waals surface area contributed by atoms with Crippen molar-refractivity contribution in [2.24, 2.45) is 5.92 Å². The van der Waals surface area contributed by atoms with Gasteiger partial charge in [-0.05, 0) is 24.3 Å². The number of carbonyl (C=O) groups is 2. The van der Waals surface area contributed by atoms with Gasteiger partial charge in [0.05, 0.1) is 12.0 Å². The van der Waals surface area contributed by atoms with E-state index in [-0.39, 0.29) is 23.8 Å². The van der Waals surface area contributed by atoms with Crippen molar-refractivity contribution in [3.8, 4) is 0 Å². The molecule has 0 radical (unpaired) electrons. The molecule has 2 saturated heterocycles. The van der Waals surface area contributed by atoms with E-state index < -0.39 is 0 Å². The molecular formula is C14H18N2O2S. The SMILES string of the molecule is CN1C(=O)C[C@H](C(=O)N2CCCC2)[C@@H]1c1cccs1. The van der Waals surface area contributed by atoms with Crippen LogP contribution in [0, 0.1) is 5.92 Å². The van der Waals surface area contributed by atoms with Crippen LogP contribution < -0.4 is 0 Å². The summed E-state index contributed by atoms with van der Waals surface area (Å²) in [6.45, 7) is 1.70. The number of likely N-dealkylation sites (tertiary alicyclic amines) is 2. The summed E-state index contributed by atoms with van der Waals surface area (Å²) >= 11 is 1.63. The maximum Gasteiger partial charge on any atom is 0.228 e. The van der Waals surface area contributed by atoms with E-state index in [1.807, 2.05) is 29.5 Å². The lowest BCUT2D eigenvalue weighted by Gasteiger charge is -2.26. The molecule has 2 atom stereocenters. The standard InChI is InChI=1S/C14H18N2O2S/c1-15-12(17)9-10(13(15)11-5-4-8-19-11)14(18)16-6-2-3-7-16/h4-5,8,10,13H,2-3,6-7,9H2,1H3/t10-,13+/m0/s1. The second-order valence-electron chi connectivity index (χ2n) is 5.31. The molecule has 0 aromatic carbocycles. The van der Waals surface area contributed by atoms with Crippen LogP contribution in [-0.4, -0.2) is 41.8 Å². The maximum absolute atomic E-state index is 12.6. The smallest absolute Gasteiger partial charge is 0.228 e. The average Bonchev–Trinajstić information content (AvgIpc) is 3.11. The molecule has 19 heavy (non-hydrogen) atoms. The molecule has 0 N–H and O–H groups in total. The van der Waals surface area contributed by atoms with E-state index >= 15 is 0 Å². The van der Waals surface area contributed by atoms with E-state index in [1.54, 1.807) is 16.2 Å². The van der Waals surface area contributed by atoms with Crippen molar-refractivity contribution in [2.75, 3.05) is 20.1 Å². The predicted octanol–water partition coefficient (Wildman–Crippen LogP) is 1.89. The normalized spacial score (nSPS) is 27.3. The third-order valence-corrected chi connectivity index (χ3v) is 5.10. The number of amides is 2. The molecule has 2 fully saturated rings. The van der Waals surface area contributed by atoms with Gasteiger partial charge in [0.2, 0.25) is 11.8 Å². The van der Waals surface area contributed by atoms with Crippen molar-refractivity contribution in [1.82, 2.24) is 9.80 Å². The molecule has 2 aliphatic rings.